The average molecular weight is 341 g/mol. The lowest BCUT2D eigenvalue weighted by Crippen LogP contribution is -2.26. The molecule has 1 saturated heterocycles. The van der Waals surface area contributed by atoms with Gasteiger partial charge in [-0.25, -0.2) is 0 Å². The van der Waals surface area contributed by atoms with Gasteiger partial charge in [-0.05, 0) is 31.9 Å². The van der Waals surface area contributed by atoms with Crippen molar-refractivity contribution in [3.8, 4) is 0 Å². The van der Waals surface area contributed by atoms with Crippen LogP contribution in [0.25, 0.3) is 6.08 Å². The van der Waals surface area contributed by atoms with Gasteiger partial charge >= 0.3 is 0 Å². The Bertz CT molecular complexity index is 764. The molecule has 2 heterocycles. The third kappa shape index (κ3) is 3.56. The van der Waals surface area contributed by atoms with Gasteiger partial charge in [0.1, 0.15) is 0 Å². The minimum Gasteiger partial charge on any atom is -0.306 e. The number of carbonyl (C=O) groups is 1. The Morgan fingerprint density at radius 3 is 2.71 bits per heavy atom. The molecule has 1 amide bonds. The second kappa shape index (κ2) is 7.26. The lowest BCUT2D eigenvalue weighted by atomic mass is 10.1. The zero-order valence-electron chi connectivity index (χ0n) is 14.5. The van der Waals surface area contributed by atoms with E-state index in [4.69, 9.17) is 0 Å². The van der Waals surface area contributed by atoms with Gasteiger partial charge in [0.15, 0.2) is 0 Å². The summed E-state index contributed by atoms with van der Waals surface area (Å²) in [4.78, 5) is 14.6. The molecule has 1 aromatic heterocycles. The molecule has 0 unspecified atom stereocenters. The van der Waals surface area contributed by atoms with E-state index in [-0.39, 0.29) is 5.91 Å². The van der Waals surface area contributed by atoms with Crippen LogP contribution in [0.5, 0.6) is 0 Å². The van der Waals surface area contributed by atoms with Crippen LogP contribution in [0.3, 0.4) is 0 Å². The third-order valence-corrected chi connectivity index (χ3v) is 5.46. The highest BCUT2D eigenvalue weighted by atomic mass is 32.2. The highest BCUT2D eigenvalue weighted by Gasteiger charge is 2.24. The Labute approximate surface area is 147 Å². The first-order valence-electron chi connectivity index (χ1n) is 8.25. The molecule has 1 aliphatic heterocycles. The first-order chi connectivity index (χ1) is 11.6. The average Bonchev–Trinajstić information content (AvgIpc) is 3.14. The zero-order chi connectivity index (χ0) is 17.1. The van der Waals surface area contributed by atoms with Crippen molar-refractivity contribution in [2.24, 2.45) is 7.05 Å². The van der Waals surface area contributed by atoms with Gasteiger partial charge in [-0.1, -0.05) is 30.3 Å². The maximum atomic E-state index is 12.6. The fourth-order valence-electron chi connectivity index (χ4n) is 2.95. The van der Waals surface area contributed by atoms with Crippen molar-refractivity contribution in [1.29, 1.82) is 0 Å². The van der Waals surface area contributed by atoms with E-state index in [2.05, 4.69) is 30.2 Å². The molecule has 24 heavy (non-hydrogen) atoms. The van der Waals surface area contributed by atoms with Crippen LogP contribution < -0.4 is 0 Å². The van der Waals surface area contributed by atoms with E-state index in [1.807, 2.05) is 41.8 Å². The van der Waals surface area contributed by atoms with Crippen molar-refractivity contribution in [3.63, 3.8) is 0 Å². The molecular weight excluding hydrogens is 318 g/mol. The Balaban J connectivity index is 1.73. The van der Waals surface area contributed by atoms with Gasteiger partial charge in [-0.2, -0.15) is 5.10 Å². The summed E-state index contributed by atoms with van der Waals surface area (Å²) < 4.78 is 1.89. The highest BCUT2D eigenvalue weighted by Crippen LogP contribution is 2.31. The standard InChI is InChI=1S/C19H23N3OS/c1-14-17(15(2)21(3)20-14)13-19-22(11-12-24-19)18(23)10-9-16-7-5-4-6-8-16/h4-8,13H,9-12H2,1-3H3/b19-13+. The summed E-state index contributed by atoms with van der Waals surface area (Å²) in [6.07, 6.45) is 3.46. The third-order valence-electron chi connectivity index (χ3n) is 4.44. The van der Waals surface area contributed by atoms with Crippen molar-refractivity contribution in [2.45, 2.75) is 26.7 Å². The molecule has 0 bridgehead atoms. The van der Waals surface area contributed by atoms with Crippen molar-refractivity contribution in [3.05, 3.63) is 57.9 Å². The second-order valence-electron chi connectivity index (χ2n) is 6.07. The van der Waals surface area contributed by atoms with Crippen LogP contribution in [0.4, 0.5) is 0 Å². The van der Waals surface area contributed by atoms with Crippen LogP contribution in [-0.4, -0.2) is 32.9 Å². The number of aromatic nitrogens is 2. The minimum absolute atomic E-state index is 0.203. The van der Waals surface area contributed by atoms with E-state index in [9.17, 15) is 4.79 Å². The van der Waals surface area contributed by atoms with E-state index >= 15 is 0 Å². The van der Waals surface area contributed by atoms with E-state index < -0.39 is 0 Å². The van der Waals surface area contributed by atoms with Crippen LogP contribution in [0, 0.1) is 13.8 Å². The number of thioether (sulfide) groups is 1. The van der Waals surface area contributed by atoms with Gasteiger partial charge in [-0.3, -0.25) is 9.48 Å². The molecule has 4 nitrogen and oxygen atoms in total. The Morgan fingerprint density at radius 1 is 1.29 bits per heavy atom. The fourth-order valence-corrected chi connectivity index (χ4v) is 3.98. The summed E-state index contributed by atoms with van der Waals surface area (Å²) in [6, 6.07) is 10.2. The van der Waals surface area contributed by atoms with Crippen molar-refractivity contribution >= 4 is 23.7 Å². The molecule has 126 valence electrons. The normalized spacial score (nSPS) is 16.1. The molecule has 2 aromatic rings. The summed E-state index contributed by atoms with van der Waals surface area (Å²) in [5.41, 5.74) is 4.47. The number of rotatable bonds is 4. The number of amides is 1. The first-order valence-corrected chi connectivity index (χ1v) is 9.24. The summed E-state index contributed by atoms with van der Waals surface area (Å²) in [5, 5.41) is 5.51. The van der Waals surface area contributed by atoms with Crippen LogP contribution in [0.1, 0.15) is 28.9 Å². The Kier molecular flexibility index (Phi) is 5.09. The number of carbonyl (C=O) groups excluding carboxylic acids is 1. The van der Waals surface area contributed by atoms with Crippen molar-refractivity contribution in [2.75, 3.05) is 12.3 Å². The SMILES string of the molecule is Cc1nn(C)c(C)c1/C=C1/SCCN1C(=O)CCc1ccccc1. The molecule has 5 heteroatoms. The topological polar surface area (TPSA) is 38.1 Å². The summed E-state index contributed by atoms with van der Waals surface area (Å²) in [7, 11) is 1.95. The molecular formula is C19H23N3OS. The van der Waals surface area contributed by atoms with Crippen molar-refractivity contribution < 1.29 is 4.79 Å². The van der Waals surface area contributed by atoms with E-state index in [0.717, 1.165) is 40.7 Å². The predicted octanol–water partition coefficient (Wildman–Crippen LogP) is 3.54. The molecule has 0 radical (unpaired) electrons. The zero-order valence-corrected chi connectivity index (χ0v) is 15.3. The molecule has 0 spiro atoms. The molecule has 1 fully saturated rings. The molecule has 1 aromatic carbocycles. The molecule has 1 aliphatic rings. The van der Waals surface area contributed by atoms with E-state index in [0.29, 0.717) is 6.42 Å². The molecule has 0 aliphatic carbocycles. The van der Waals surface area contributed by atoms with E-state index in [1.165, 1.54) is 5.56 Å². The highest BCUT2D eigenvalue weighted by molar-refractivity contribution is 8.03. The fraction of sp³-hybridized carbons (Fsp3) is 0.368. The Hall–Kier alpha value is -2.01. The molecule has 3 rings (SSSR count). The largest absolute Gasteiger partial charge is 0.306 e. The van der Waals surface area contributed by atoms with Crippen LogP contribution in [0.15, 0.2) is 35.4 Å². The van der Waals surface area contributed by atoms with Gasteiger partial charge in [0, 0.05) is 37.0 Å². The van der Waals surface area contributed by atoms with Crippen molar-refractivity contribution in [1.82, 2.24) is 14.7 Å². The summed E-state index contributed by atoms with van der Waals surface area (Å²) in [5.74, 6) is 1.16. The molecule has 0 saturated carbocycles. The monoisotopic (exact) mass is 341 g/mol. The lowest BCUT2D eigenvalue weighted by molar-refractivity contribution is -0.128. The number of benzene rings is 1. The van der Waals surface area contributed by atoms with Crippen LogP contribution in [0.2, 0.25) is 0 Å². The van der Waals surface area contributed by atoms with Gasteiger partial charge in [0.2, 0.25) is 5.91 Å². The number of hydrogen-bond donors (Lipinski definition) is 0. The van der Waals surface area contributed by atoms with Gasteiger partial charge in [-0.15, -0.1) is 11.8 Å². The molecule has 0 atom stereocenters. The van der Waals surface area contributed by atoms with Gasteiger partial charge in [0.25, 0.3) is 0 Å². The predicted molar refractivity (Wildman–Crippen MR) is 99.6 cm³/mol. The second-order valence-corrected chi connectivity index (χ2v) is 7.19. The first kappa shape index (κ1) is 16.8. The number of aryl methyl sites for hydroxylation is 3. The number of nitrogens with zero attached hydrogens (tertiary/aromatic N) is 3. The minimum atomic E-state index is 0.203. The quantitative estimate of drug-likeness (QED) is 0.854. The summed E-state index contributed by atoms with van der Waals surface area (Å²) >= 11 is 1.75. The van der Waals surface area contributed by atoms with Crippen LogP contribution in [-0.2, 0) is 18.3 Å². The van der Waals surface area contributed by atoms with Gasteiger partial charge in [0.05, 0.1) is 10.7 Å². The maximum absolute atomic E-state index is 12.6. The maximum Gasteiger partial charge on any atom is 0.227 e. The summed E-state index contributed by atoms with van der Waals surface area (Å²) in [6.45, 7) is 4.87. The number of hydrogen-bond acceptors (Lipinski definition) is 3. The lowest BCUT2D eigenvalue weighted by Gasteiger charge is -2.17. The Morgan fingerprint density at radius 2 is 2.04 bits per heavy atom. The van der Waals surface area contributed by atoms with Crippen LogP contribution >= 0.6 is 11.8 Å². The van der Waals surface area contributed by atoms with Gasteiger partial charge < -0.3 is 4.90 Å². The van der Waals surface area contributed by atoms with E-state index in [1.54, 1.807) is 11.8 Å². The smallest absolute Gasteiger partial charge is 0.227 e. The molecule has 0 N–H and O–H groups in total.